The lowest BCUT2D eigenvalue weighted by Crippen LogP contribution is -1.99. The maximum atomic E-state index is 13.5. The fourth-order valence-electron chi connectivity index (χ4n) is 1.37. The highest BCUT2D eigenvalue weighted by Gasteiger charge is 2.10. The van der Waals surface area contributed by atoms with Crippen molar-refractivity contribution in [2.75, 3.05) is 0 Å². The Bertz CT molecular complexity index is 510. The Morgan fingerprint density at radius 3 is 2.88 bits per heavy atom. The summed E-state index contributed by atoms with van der Waals surface area (Å²) in [5, 5.41) is 9.76. The lowest BCUT2D eigenvalue weighted by atomic mass is 10.1. The molecule has 0 aliphatic carbocycles. The molecule has 16 heavy (non-hydrogen) atoms. The van der Waals surface area contributed by atoms with Crippen LogP contribution < -0.4 is 0 Å². The van der Waals surface area contributed by atoms with Crippen LogP contribution in [0.25, 0.3) is 11.3 Å². The lowest BCUT2D eigenvalue weighted by Gasteiger charge is -2.03. The Morgan fingerprint density at radius 2 is 2.25 bits per heavy atom. The number of halogens is 2. The van der Waals surface area contributed by atoms with E-state index >= 15 is 0 Å². The van der Waals surface area contributed by atoms with Crippen molar-refractivity contribution in [1.29, 1.82) is 0 Å². The summed E-state index contributed by atoms with van der Waals surface area (Å²) in [6.07, 6.45) is 2.32. The molecule has 0 bridgehead atoms. The molecular formula is C11H10ClFN2O. The summed E-state index contributed by atoms with van der Waals surface area (Å²) in [7, 11) is 0. The topological polar surface area (TPSA) is 38.0 Å². The standard InChI is InChI=1S/C11H10ClFN2O/c1-7(16)15-5-11(14-6-15)9-4-8(12)2-3-10(9)13/h2-7,16H,1H3. The van der Waals surface area contributed by atoms with Crippen LogP contribution in [-0.2, 0) is 0 Å². The number of nitrogens with zero attached hydrogens (tertiary/aromatic N) is 2. The lowest BCUT2D eigenvalue weighted by molar-refractivity contribution is 0.124. The highest BCUT2D eigenvalue weighted by atomic mass is 35.5. The molecule has 1 aromatic heterocycles. The zero-order valence-corrected chi connectivity index (χ0v) is 9.32. The molecule has 0 saturated carbocycles. The van der Waals surface area contributed by atoms with Crippen molar-refractivity contribution < 1.29 is 9.50 Å². The molecule has 2 aromatic rings. The van der Waals surface area contributed by atoms with Crippen LogP contribution in [0.2, 0.25) is 5.02 Å². The fourth-order valence-corrected chi connectivity index (χ4v) is 1.55. The van der Waals surface area contributed by atoms with Gasteiger partial charge in [-0.2, -0.15) is 0 Å². The second-order valence-corrected chi connectivity index (χ2v) is 3.90. The van der Waals surface area contributed by atoms with Crippen molar-refractivity contribution in [1.82, 2.24) is 9.55 Å². The van der Waals surface area contributed by atoms with E-state index in [1.54, 1.807) is 13.1 Å². The van der Waals surface area contributed by atoms with Gasteiger partial charge in [-0.05, 0) is 25.1 Å². The van der Waals surface area contributed by atoms with Crippen molar-refractivity contribution in [2.45, 2.75) is 13.2 Å². The number of benzene rings is 1. The first-order valence-electron chi connectivity index (χ1n) is 4.75. The van der Waals surface area contributed by atoms with E-state index in [0.29, 0.717) is 16.3 Å². The van der Waals surface area contributed by atoms with E-state index in [1.165, 1.54) is 29.1 Å². The highest BCUT2D eigenvalue weighted by Crippen LogP contribution is 2.24. The van der Waals surface area contributed by atoms with Crippen LogP contribution >= 0.6 is 11.6 Å². The third-order valence-corrected chi connectivity index (χ3v) is 2.47. The summed E-state index contributed by atoms with van der Waals surface area (Å²) in [5.41, 5.74) is 0.771. The summed E-state index contributed by atoms with van der Waals surface area (Å²) in [6, 6.07) is 4.27. The molecule has 2 rings (SSSR count). The van der Waals surface area contributed by atoms with E-state index < -0.39 is 6.23 Å². The van der Waals surface area contributed by atoms with E-state index in [-0.39, 0.29) is 5.82 Å². The second-order valence-electron chi connectivity index (χ2n) is 3.46. The highest BCUT2D eigenvalue weighted by molar-refractivity contribution is 6.30. The van der Waals surface area contributed by atoms with Crippen LogP contribution in [0.5, 0.6) is 0 Å². The summed E-state index contributed by atoms with van der Waals surface area (Å²) < 4.78 is 15.0. The van der Waals surface area contributed by atoms with Crippen LogP contribution in [0.1, 0.15) is 13.2 Å². The molecule has 0 amide bonds. The van der Waals surface area contributed by atoms with Gasteiger partial charge in [0.1, 0.15) is 12.0 Å². The largest absolute Gasteiger partial charge is 0.374 e. The number of hydrogen-bond donors (Lipinski definition) is 1. The Morgan fingerprint density at radius 1 is 1.50 bits per heavy atom. The van der Waals surface area contributed by atoms with Gasteiger partial charge in [0, 0.05) is 16.8 Å². The zero-order valence-electron chi connectivity index (χ0n) is 8.56. The summed E-state index contributed by atoms with van der Waals surface area (Å²) in [6.45, 7) is 1.60. The summed E-state index contributed by atoms with van der Waals surface area (Å²) >= 11 is 5.79. The third kappa shape index (κ3) is 2.08. The number of hydrogen-bond acceptors (Lipinski definition) is 2. The maximum Gasteiger partial charge on any atom is 0.132 e. The molecule has 1 heterocycles. The molecule has 3 nitrogen and oxygen atoms in total. The minimum atomic E-state index is -0.691. The molecule has 0 fully saturated rings. The molecule has 0 spiro atoms. The van der Waals surface area contributed by atoms with E-state index in [1.807, 2.05) is 0 Å². The molecular weight excluding hydrogens is 231 g/mol. The molecule has 1 unspecified atom stereocenters. The molecule has 84 valence electrons. The molecule has 1 N–H and O–H groups in total. The van der Waals surface area contributed by atoms with Gasteiger partial charge in [0.15, 0.2) is 0 Å². The third-order valence-electron chi connectivity index (χ3n) is 2.24. The molecule has 0 saturated heterocycles. The van der Waals surface area contributed by atoms with Gasteiger partial charge in [-0.15, -0.1) is 0 Å². The molecule has 1 aromatic carbocycles. The summed E-state index contributed by atoms with van der Waals surface area (Å²) in [5.74, 6) is -0.389. The Kier molecular flexibility index (Phi) is 2.94. The quantitative estimate of drug-likeness (QED) is 0.877. The average Bonchev–Trinajstić information content (AvgIpc) is 2.70. The first kappa shape index (κ1) is 11.1. The fraction of sp³-hybridized carbons (Fsp3) is 0.182. The van der Waals surface area contributed by atoms with Crippen LogP contribution in [0.15, 0.2) is 30.7 Å². The molecule has 0 aliphatic rings. The second kappa shape index (κ2) is 4.23. The van der Waals surface area contributed by atoms with E-state index in [9.17, 15) is 9.50 Å². The van der Waals surface area contributed by atoms with Gasteiger partial charge < -0.3 is 9.67 Å². The normalized spacial score (nSPS) is 12.8. The van der Waals surface area contributed by atoms with E-state index in [0.717, 1.165) is 0 Å². The number of aliphatic hydroxyl groups excluding tert-OH is 1. The Labute approximate surface area is 97.1 Å². The monoisotopic (exact) mass is 240 g/mol. The number of rotatable bonds is 2. The number of aliphatic hydroxyl groups is 1. The minimum absolute atomic E-state index is 0.326. The van der Waals surface area contributed by atoms with Gasteiger partial charge in [-0.3, -0.25) is 0 Å². The van der Waals surface area contributed by atoms with Gasteiger partial charge in [0.05, 0.1) is 12.0 Å². The number of aromatic nitrogens is 2. The van der Waals surface area contributed by atoms with Crippen molar-refractivity contribution in [3.63, 3.8) is 0 Å². The van der Waals surface area contributed by atoms with E-state index in [4.69, 9.17) is 11.6 Å². The predicted molar refractivity (Wildman–Crippen MR) is 59.6 cm³/mol. The molecule has 1 atom stereocenters. The van der Waals surface area contributed by atoms with E-state index in [2.05, 4.69) is 4.98 Å². The van der Waals surface area contributed by atoms with Gasteiger partial charge in [0.25, 0.3) is 0 Å². The van der Waals surface area contributed by atoms with Crippen LogP contribution in [-0.4, -0.2) is 14.7 Å². The van der Waals surface area contributed by atoms with Gasteiger partial charge in [0.2, 0.25) is 0 Å². The number of imidazole rings is 1. The van der Waals surface area contributed by atoms with Crippen LogP contribution in [0, 0.1) is 5.82 Å². The SMILES string of the molecule is CC(O)n1cnc(-c2cc(Cl)ccc2F)c1. The van der Waals surface area contributed by atoms with Crippen LogP contribution in [0.4, 0.5) is 4.39 Å². The van der Waals surface area contributed by atoms with Crippen molar-refractivity contribution in [3.05, 3.63) is 41.6 Å². The average molecular weight is 241 g/mol. The predicted octanol–water partition coefficient (Wildman–Crippen LogP) is 2.85. The molecule has 0 aliphatic heterocycles. The Hall–Kier alpha value is -1.39. The smallest absolute Gasteiger partial charge is 0.132 e. The van der Waals surface area contributed by atoms with Crippen LogP contribution in [0.3, 0.4) is 0 Å². The minimum Gasteiger partial charge on any atom is -0.374 e. The van der Waals surface area contributed by atoms with Gasteiger partial charge in [-0.25, -0.2) is 9.37 Å². The van der Waals surface area contributed by atoms with Gasteiger partial charge in [-0.1, -0.05) is 11.6 Å². The maximum absolute atomic E-state index is 13.5. The van der Waals surface area contributed by atoms with Gasteiger partial charge >= 0.3 is 0 Å². The Balaban J connectivity index is 2.46. The van der Waals surface area contributed by atoms with Crippen molar-refractivity contribution in [3.8, 4) is 11.3 Å². The molecule has 0 radical (unpaired) electrons. The zero-order chi connectivity index (χ0) is 11.7. The van der Waals surface area contributed by atoms with Crippen molar-refractivity contribution in [2.24, 2.45) is 0 Å². The molecule has 5 heteroatoms. The van der Waals surface area contributed by atoms with Crippen molar-refractivity contribution >= 4 is 11.6 Å². The first-order valence-corrected chi connectivity index (χ1v) is 5.12. The first-order chi connectivity index (χ1) is 7.58. The summed E-state index contributed by atoms with van der Waals surface area (Å²) in [4.78, 5) is 4.01.